The topological polar surface area (TPSA) is 15.3 Å². The molecule has 0 aromatic heterocycles. The molecule has 1 fully saturated rings. The van der Waals surface area contributed by atoms with Gasteiger partial charge in [-0.15, -0.1) is 0 Å². The first-order chi connectivity index (χ1) is 7.16. The fourth-order valence-electron chi connectivity index (χ4n) is 1.89. The minimum Gasteiger partial charge on any atom is -0.368 e. The van der Waals surface area contributed by atoms with E-state index in [2.05, 4.69) is 45.8 Å². The van der Waals surface area contributed by atoms with Crippen molar-refractivity contribution in [1.29, 1.82) is 0 Å². The van der Waals surface area contributed by atoms with E-state index in [1.165, 1.54) is 9.26 Å². The molecule has 1 atom stereocenters. The van der Waals surface area contributed by atoms with E-state index < -0.39 is 0 Å². The summed E-state index contributed by atoms with van der Waals surface area (Å²) in [4.78, 5) is 2.42. The summed E-state index contributed by atoms with van der Waals surface area (Å²) in [5.41, 5.74) is 1.30. The third-order valence-corrected chi connectivity index (χ3v) is 3.72. The predicted molar refractivity (Wildman–Crippen MR) is 73.8 cm³/mol. The standard InChI is InChI=1S/C11H14ClIN2/c1-8-7-15(5-4-14-8)11-3-2-9(12)6-10(11)13/h2-3,6,8,14H,4-5,7H2,1H3. The Hall–Kier alpha value is -0.0000000000000000763. The van der Waals surface area contributed by atoms with Crippen molar-refractivity contribution in [2.45, 2.75) is 13.0 Å². The minimum atomic E-state index is 0.560. The number of hydrogen-bond donors (Lipinski definition) is 1. The van der Waals surface area contributed by atoms with Gasteiger partial charge in [0.1, 0.15) is 0 Å². The van der Waals surface area contributed by atoms with Gasteiger partial charge in [-0.1, -0.05) is 11.6 Å². The molecule has 0 spiro atoms. The first-order valence-electron chi connectivity index (χ1n) is 5.10. The Kier molecular flexibility index (Phi) is 3.74. The summed E-state index contributed by atoms with van der Waals surface area (Å²) in [5, 5.41) is 4.25. The molecule has 1 heterocycles. The van der Waals surface area contributed by atoms with Gasteiger partial charge in [-0.2, -0.15) is 0 Å². The van der Waals surface area contributed by atoms with Crippen molar-refractivity contribution in [3.63, 3.8) is 0 Å². The quantitative estimate of drug-likeness (QED) is 0.793. The second-order valence-electron chi connectivity index (χ2n) is 3.90. The van der Waals surface area contributed by atoms with Crippen molar-refractivity contribution in [1.82, 2.24) is 5.32 Å². The first kappa shape index (κ1) is 11.5. The lowest BCUT2D eigenvalue weighted by Crippen LogP contribution is -2.49. The summed E-state index contributed by atoms with van der Waals surface area (Å²) in [7, 11) is 0. The van der Waals surface area contributed by atoms with Gasteiger partial charge < -0.3 is 10.2 Å². The molecule has 1 unspecified atom stereocenters. The lowest BCUT2D eigenvalue weighted by Gasteiger charge is -2.34. The Morgan fingerprint density at radius 3 is 3.00 bits per heavy atom. The highest BCUT2D eigenvalue weighted by Crippen LogP contribution is 2.26. The van der Waals surface area contributed by atoms with Gasteiger partial charge in [0.25, 0.3) is 0 Å². The van der Waals surface area contributed by atoms with Crippen LogP contribution in [-0.4, -0.2) is 25.7 Å². The minimum absolute atomic E-state index is 0.560. The van der Waals surface area contributed by atoms with Gasteiger partial charge in [0.05, 0.1) is 5.69 Å². The monoisotopic (exact) mass is 336 g/mol. The largest absolute Gasteiger partial charge is 0.368 e. The van der Waals surface area contributed by atoms with Crippen LogP contribution in [0.25, 0.3) is 0 Å². The molecule has 4 heteroatoms. The van der Waals surface area contributed by atoms with Crippen molar-refractivity contribution in [3.8, 4) is 0 Å². The summed E-state index contributed by atoms with van der Waals surface area (Å²) in [6.45, 7) is 5.41. The van der Waals surface area contributed by atoms with E-state index in [4.69, 9.17) is 11.6 Å². The molecular weight excluding hydrogens is 322 g/mol. The van der Waals surface area contributed by atoms with Crippen LogP contribution in [0.1, 0.15) is 6.92 Å². The molecule has 1 aromatic carbocycles. The highest BCUT2D eigenvalue weighted by molar-refractivity contribution is 14.1. The SMILES string of the molecule is CC1CN(c2ccc(Cl)cc2I)CCN1. The molecule has 1 aliphatic rings. The lowest BCUT2D eigenvalue weighted by atomic mass is 10.2. The van der Waals surface area contributed by atoms with Crippen LogP contribution in [0.4, 0.5) is 5.69 Å². The number of benzene rings is 1. The molecule has 0 bridgehead atoms. The lowest BCUT2D eigenvalue weighted by molar-refractivity contribution is 0.484. The van der Waals surface area contributed by atoms with Gasteiger partial charge in [-0.05, 0) is 47.7 Å². The van der Waals surface area contributed by atoms with Crippen LogP contribution in [0.2, 0.25) is 5.02 Å². The number of hydrogen-bond acceptors (Lipinski definition) is 2. The van der Waals surface area contributed by atoms with E-state index in [0.717, 1.165) is 24.7 Å². The van der Waals surface area contributed by atoms with Crippen LogP contribution in [0.3, 0.4) is 0 Å². The summed E-state index contributed by atoms with van der Waals surface area (Å²) in [6, 6.07) is 6.66. The second-order valence-corrected chi connectivity index (χ2v) is 5.50. The third kappa shape index (κ3) is 2.77. The molecule has 1 saturated heterocycles. The zero-order valence-electron chi connectivity index (χ0n) is 8.63. The van der Waals surface area contributed by atoms with E-state index in [0.29, 0.717) is 6.04 Å². The fraction of sp³-hybridized carbons (Fsp3) is 0.455. The Morgan fingerprint density at radius 1 is 1.53 bits per heavy atom. The average Bonchev–Trinajstić information content (AvgIpc) is 2.17. The van der Waals surface area contributed by atoms with Gasteiger partial charge >= 0.3 is 0 Å². The van der Waals surface area contributed by atoms with Gasteiger partial charge in [-0.25, -0.2) is 0 Å². The smallest absolute Gasteiger partial charge is 0.0503 e. The Morgan fingerprint density at radius 2 is 2.33 bits per heavy atom. The van der Waals surface area contributed by atoms with Crippen LogP contribution in [0.15, 0.2) is 18.2 Å². The van der Waals surface area contributed by atoms with Crippen LogP contribution >= 0.6 is 34.2 Å². The van der Waals surface area contributed by atoms with E-state index in [9.17, 15) is 0 Å². The Bertz CT molecular complexity index is 356. The van der Waals surface area contributed by atoms with Crippen molar-refractivity contribution < 1.29 is 0 Å². The van der Waals surface area contributed by atoms with E-state index in [1.807, 2.05) is 12.1 Å². The van der Waals surface area contributed by atoms with E-state index in [1.54, 1.807) is 0 Å². The molecule has 0 radical (unpaired) electrons. The Labute approximate surface area is 109 Å². The normalized spacial score (nSPS) is 21.8. The van der Waals surface area contributed by atoms with Crippen molar-refractivity contribution in [2.24, 2.45) is 0 Å². The molecule has 0 amide bonds. The predicted octanol–water partition coefficient (Wildman–Crippen LogP) is 2.74. The summed E-state index contributed by atoms with van der Waals surface area (Å²) >= 11 is 8.30. The zero-order chi connectivity index (χ0) is 10.8. The van der Waals surface area contributed by atoms with Crippen molar-refractivity contribution >= 4 is 39.9 Å². The number of rotatable bonds is 1. The zero-order valence-corrected chi connectivity index (χ0v) is 11.5. The molecule has 15 heavy (non-hydrogen) atoms. The molecule has 82 valence electrons. The van der Waals surface area contributed by atoms with Crippen molar-refractivity contribution in [2.75, 3.05) is 24.5 Å². The van der Waals surface area contributed by atoms with Gasteiger partial charge in [0.2, 0.25) is 0 Å². The second kappa shape index (κ2) is 4.89. The number of piperazine rings is 1. The summed E-state index contributed by atoms with van der Waals surface area (Å²) < 4.78 is 1.23. The molecule has 2 nitrogen and oxygen atoms in total. The van der Waals surface area contributed by atoms with Gasteiger partial charge in [-0.3, -0.25) is 0 Å². The molecule has 0 saturated carbocycles. The molecular formula is C11H14ClIN2. The van der Waals surface area contributed by atoms with Crippen LogP contribution in [-0.2, 0) is 0 Å². The van der Waals surface area contributed by atoms with Gasteiger partial charge in [0.15, 0.2) is 0 Å². The molecule has 0 aliphatic carbocycles. The van der Waals surface area contributed by atoms with Crippen molar-refractivity contribution in [3.05, 3.63) is 26.8 Å². The van der Waals surface area contributed by atoms with Crippen LogP contribution < -0.4 is 10.2 Å². The average molecular weight is 337 g/mol. The van der Waals surface area contributed by atoms with Crippen LogP contribution in [0, 0.1) is 3.57 Å². The number of nitrogens with one attached hydrogen (secondary N) is 1. The Balaban J connectivity index is 2.21. The summed E-state index contributed by atoms with van der Waals surface area (Å²) in [5.74, 6) is 0. The molecule has 2 rings (SSSR count). The number of halogens is 2. The third-order valence-electron chi connectivity index (χ3n) is 2.62. The number of anilines is 1. The highest BCUT2D eigenvalue weighted by atomic mass is 127. The first-order valence-corrected chi connectivity index (χ1v) is 6.56. The van der Waals surface area contributed by atoms with Crippen LogP contribution in [0.5, 0.6) is 0 Å². The summed E-state index contributed by atoms with van der Waals surface area (Å²) in [6.07, 6.45) is 0. The highest BCUT2D eigenvalue weighted by Gasteiger charge is 2.17. The van der Waals surface area contributed by atoms with Gasteiger partial charge in [0, 0.05) is 34.3 Å². The maximum atomic E-state index is 5.95. The van der Waals surface area contributed by atoms with E-state index >= 15 is 0 Å². The maximum absolute atomic E-state index is 5.95. The molecule has 1 aliphatic heterocycles. The van der Waals surface area contributed by atoms with E-state index in [-0.39, 0.29) is 0 Å². The molecule has 1 N–H and O–H groups in total. The molecule has 1 aromatic rings. The maximum Gasteiger partial charge on any atom is 0.0503 e. The number of nitrogens with zero attached hydrogens (tertiary/aromatic N) is 1. The fourth-order valence-corrected chi connectivity index (χ4v) is 3.10.